The number of hydrogen-bond donors (Lipinski definition) is 1. The lowest BCUT2D eigenvalue weighted by Gasteiger charge is -2.04. The van der Waals surface area contributed by atoms with Crippen molar-refractivity contribution >= 4 is 0 Å². The summed E-state index contributed by atoms with van der Waals surface area (Å²) < 4.78 is 0. The van der Waals surface area contributed by atoms with Gasteiger partial charge in [0.15, 0.2) is 0 Å². The van der Waals surface area contributed by atoms with Gasteiger partial charge in [-0.3, -0.25) is 0 Å². The molecular formula is C10H17N. The van der Waals surface area contributed by atoms with Gasteiger partial charge in [0, 0.05) is 13.1 Å². The SMILES string of the molecule is CC(C)=C1CNCC1=C(C)C. The molecule has 1 N–H and O–H groups in total. The minimum absolute atomic E-state index is 1.06. The Kier molecular flexibility index (Phi) is 2.50. The van der Waals surface area contributed by atoms with Crippen molar-refractivity contribution in [1.82, 2.24) is 5.32 Å². The minimum atomic E-state index is 1.06. The van der Waals surface area contributed by atoms with Gasteiger partial charge in [0.2, 0.25) is 0 Å². The summed E-state index contributed by atoms with van der Waals surface area (Å²) in [6.45, 7) is 10.9. The smallest absolute Gasteiger partial charge is 0.0211 e. The fourth-order valence-corrected chi connectivity index (χ4v) is 1.48. The van der Waals surface area contributed by atoms with Crippen molar-refractivity contribution in [3.05, 3.63) is 22.3 Å². The van der Waals surface area contributed by atoms with Crippen LogP contribution in [0.2, 0.25) is 0 Å². The molecular weight excluding hydrogens is 134 g/mol. The van der Waals surface area contributed by atoms with Gasteiger partial charge in [-0.25, -0.2) is 0 Å². The van der Waals surface area contributed by atoms with E-state index in [0.29, 0.717) is 0 Å². The lowest BCUT2D eigenvalue weighted by molar-refractivity contribution is 0.890. The third-order valence-corrected chi connectivity index (χ3v) is 2.17. The van der Waals surface area contributed by atoms with Gasteiger partial charge in [0.1, 0.15) is 0 Å². The Morgan fingerprint density at radius 3 is 1.55 bits per heavy atom. The highest BCUT2D eigenvalue weighted by atomic mass is 14.9. The first kappa shape index (κ1) is 8.54. The van der Waals surface area contributed by atoms with Crippen LogP contribution in [0.15, 0.2) is 22.3 Å². The maximum Gasteiger partial charge on any atom is 0.0211 e. The molecule has 0 bridgehead atoms. The van der Waals surface area contributed by atoms with Crippen molar-refractivity contribution in [1.29, 1.82) is 0 Å². The zero-order chi connectivity index (χ0) is 8.43. The van der Waals surface area contributed by atoms with E-state index in [1.54, 1.807) is 0 Å². The summed E-state index contributed by atoms with van der Waals surface area (Å²) in [7, 11) is 0. The Morgan fingerprint density at radius 1 is 0.909 bits per heavy atom. The molecule has 0 unspecified atom stereocenters. The topological polar surface area (TPSA) is 12.0 Å². The highest BCUT2D eigenvalue weighted by Crippen LogP contribution is 2.21. The lowest BCUT2D eigenvalue weighted by atomic mass is 10.0. The molecule has 1 saturated heterocycles. The van der Waals surface area contributed by atoms with E-state index in [9.17, 15) is 0 Å². The molecule has 11 heavy (non-hydrogen) atoms. The molecule has 0 spiro atoms. The summed E-state index contributed by atoms with van der Waals surface area (Å²) in [5, 5.41) is 3.37. The molecule has 1 rings (SSSR count). The summed E-state index contributed by atoms with van der Waals surface area (Å²) >= 11 is 0. The maximum absolute atomic E-state index is 3.37. The second kappa shape index (κ2) is 3.22. The van der Waals surface area contributed by atoms with Crippen LogP contribution in [0.1, 0.15) is 27.7 Å². The van der Waals surface area contributed by atoms with E-state index in [2.05, 4.69) is 33.0 Å². The molecule has 0 aromatic heterocycles. The molecule has 0 radical (unpaired) electrons. The maximum atomic E-state index is 3.37. The van der Waals surface area contributed by atoms with E-state index in [1.807, 2.05) is 0 Å². The first-order chi connectivity index (χ1) is 5.13. The second-order valence-corrected chi connectivity index (χ2v) is 3.56. The van der Waals surface area contributed by atoms with E-state index < -0.39 is 0 Å². The van der Waals surface area contributed by atoms with Crippen LogP contribution in [-0.4, -0.2) is 13.1 Å². The largest absolute Gasteiger partial charge is 0.309 e. The summed E-state index contributed by atoms with van der Waals surface area (Å²) in [6.07, 6.45) is 0. The number of nitrogens with one attached hydrogen (secondary N) is 1. The Bertz CT molecular complexity index is 189. The molecule has 0 saturated carbocycles. The van der Waals surface area contributed by atoms with Gasteiger partial charge in [-0.15, -0.1) is 0 Å². The van der Waals surface area contributed by atoms with E-state index in [4.69, 9.17) is 0 Å². The molecule has 1 heterocycles. The summed E-state index contributed by atoms with van der Waals surface area (Å²) in [4.78, 5) is 0. The highest BCUT2D eigenvalue weighted by Gasteiger charge is 2.14. The zero-order valence-electron chi connectivity index (χ0n) is 7.91. The standard InChI is InChI=1S/C10H17N/c1-7(2)9-5-11-6-10(9)8(3)4/h11H,5-6H2,1-4H3. The van der Waals surface area contributed by atoms with E-state index in [1.165, 1.54) is 22.3 Å². The average Bonchev–Trinajstić information content (AvgIpc) is 2.32. The predicted octanol–water partition coefficient (Wildman–Crippen LogP) is 2.26. The van der Waals surface area contributed by atoms with Crippen LogP contribution < -0.4 is 5.32 Å². The van der Waals surface area contributed by atoms with E-state index in [-0.39, 0.29) is 0 Å². The molecule has 1 heteroatoms. The van der Waals surface area contributed by atoms with Gasteiger partial charge >= 0.3 is 0 Å². The van der Waals surface area contributed by atoms with Crippen LogP contribution in [0.3, 0.4) is 0 Å². The number of rotatable bonds is 0. The Labute approximate surface area is 69.2 Å². The monoisotopic (exact) mass is 151 g/mol. The molecule has 0 aromatic carbocycles. The van der Waals surface area contributed by atoms with Crippen LogP contribution in [0, 0.1) is 0 Å². The first-order valence-electron chi connectivity index (χ1n) is 4.16. The molecule has 1 aliphatic heterocycles. The van der Waals surface area contributed by atoms with Crippen molar-refractivity contribution in [3.8, 4) is 0 Å². The summed E-state index contributed by atoms with van der Waals surface area (Å²) in [6, 6.07) is 0. The van der Waals surface area contributed by atoms with Crippen molar-refractivity contribution in [2.24, 2.45) is 0 Å². The molecule has 1 nitrogen and oxygen atoms in total. The van der Waals surface area contributed by atoms with Crippen LogP contribution in [0.4, 0.5) is 0 Å². The molecule has 1 fully saturated rings. The van der Waals surface area contributed by atoms with Gasteiger partial charge in [-0.2, -0.15) is 0 Å². The number of allylic oxidation sites excluding steroid dienone is 2. The minimum Gasteiger partial charge on any atom is -0.309 e. The summed E-state index contributed by atoms with van der Waals surface area (Å²) in [5.41, 5.74) is 5.94. The number of hydrogen-bond acceptors (Lipinski definition) is 1. The Hall–Kier alpha value is -0.560. The second-order valence-electron chi connectivity index (χ2n) is 3.56. The van der Waals surface area contributed by atoms with Crippen molar-refractivity contribution in [2.45, 2.75) is 27.7 Å². The van der Waals surface area contributed by atoms with Crippen LogP contribution in [-0.2, 0) is 0 Å². The normalized spacial score (nSPS) is 17.5. The quantitative estimate of drug-likeness (QED) is 0.560. The van der Waals surface area contributed by atoms with Gasteiger partial charge < -0.3 is 5.32 Å². The Morgan fingerprint density at radius 2 is 1.27 bits per heavy atom. The van der Waals surface area contributed by atoms with Gasteiger partial charge in [-0.1, -0.05) is 11.1 Å². The average molecular weight is 151 g/mol. The van der Waals surface area contributed by atoms with Crippen LogP contribution in [0.25, 0.3) is 0 Å². The summed E-state index contributed by atoms with van der Waals surface area (Å²) in [5.74, 6) is 0. The zero-order valence-corrected chi connectivity index (χ0v) is 7.91. The van der Waals surface area contributed by atoms with Crippen molar-refractivity contribution in [3.63, 3.8) is 0 Å². The fourth-order valence-electron chi connectivity index (χ4n) is 1.48. The fraction of sp³-hybridized carbons (Fsp3) is 0.600. The third-order valence-electron chi connectivity index (χ3n) is 2.17. The van der Waals surface area contributed by atoms with Gasteiger partial charge in [0.05, 0.1) is 0 Å². The molecule has 62 valence electrons. The van der Waals surface area contributed by atoms with Crippen LogP contribution >= 0.6 is 0 Å². The van der Waals surface area contributed by atoms with E-state index >= 15 is 0 Å². The van der Waals surface area contributed by atoms with Crippen LogP contribution in [0.5, 0.6) is 0 Å². The van der Waals surface area contributed by atoms with E-state index in [0.717, 1.165) is 13.1 Å². The first-order valence-corrected chi connectivity index (χ1v) is 4.16. The van der Waals surface area contributed by atoms with Crippen molar-refractivity contribution < 1.29 is 0 Å². The van der Waals surface area contributed by atoms with Gasteiger partial charge in [0.25, 0.3) is 0 Å². The molecule has 0 atom stereocenters. The molecule has 0 aliphatic carbocycles. The third kappa shape index (κ3) is 1.72. The Balaban J connectivity index is 3.01. The lowest BCUT2D eigenvalue weighted by Crippen LogP contribution is -2.05. The van der Waals surface area contributed by atoms with Gasteiger partial charge in [-0.05, 0) is 38.8 Å². The predicted molar refractivity (Wildman–Crippen MR) is 49.6 cm³/mol. The molecule has 1 aliphatic rings. The molecule has 0 amide bonds. The van der Waals surface area contributed by atoms with Crippen molar-refractivity contribution in [2.75, 3.05) is 13.1 Å². The highest BCUT2D eigenvalue weighted by molar-refractivity contribution is 5.42. The molecule has 0 aromatic rings.